The van der Waals surface area contributed by atoms with Crippen LogP contribution in [-0.2, 0) is 9.53 Å². The molecule has 1 N–H and O–H groups in total. The van der Waals surface area contributed by atoms with Gasteiger partial charge in [-0.25, -0.2) is 0 Å². The first-order valence-corrected chi connectivity index (χ1v) is 6.68. The number of carboxylic acids is 1. The van der Waals surface area contributed by atoms with Gasteiger partial charge in [0.15, 0.2) is 6.21 Å². The molecule has 0 aliphatic carbocycles. The lowest BCUT2D eigenvalue weighted by Gasteiger charge is -2.42. The second-order valence-corrected chi connectivity index (χ2v) is 5.89. The van der Waals surface area contributed by atoms with Crippen LogP contribution >= 0.6 is 0 Å². The highest BCUT2D eigenvalue weighted by atomic mass is 16.5. The Kier molecular flexibility index (Phi) is 6.49. The minimum absolute atomic E-state index is 0.0638. The van der Waals surface area contributed by atoms with Gasteiger partial charge in [0.25, 0.3) is 0 Å². The lowest BCUT2D eigenvalue weighted by Crippen LogP contribution is -2.58. The van der Waals surface area contributed by atoms with Gasteiger partial charge in [0.05, 0.1) is 17.9 Å². The van der Waals surface area contributed by atoms with Crippen LogP contribution < -0.4 is 5.11 Å². The minimum atomic E-state index is -1.08. The summed E-state index contributed by atoms with van der Waals surface area (Å²) in [6.45, 7) is 12.3. The van der Waals surface area contributed by atoms with Gasteiger partial charge in [0.1, 0.15) is 0 Å². The van der Waals surface area contributed by atoms with Crippen LogP contribution in [0.4, 0.5) is 0 Å². The average Bonchev–Trinajstić information content (AvgIpc) is 2.25. The van der Waals surface area contributed by atoms with Gasteiger partial charge in [0, 0.05) is 26.4 Å². The Morgan fingerprint density at radius 2 is 1.95 bits per heavy atom. The predicted molar refractivity (Wildman–Crippen MR) is 71.3 cm³/mol. The molecule has 0 aromatic rings. The van der Waals surface area contributed by atoms with E-state index in [-0.39, 0.29) is 17.1 Å². The van der Waals surface area contributed by atoms with Gasteiger partial charge in [0.2, 0.25) is 5.54 Å². The van der Waals surface area contributed by atoms with Crippen molar-refractivity contribution in [3.63, 3.8) is 0 Å². The predicted octanol–water partition coefficient (Wildman–Crippen LogP) is 1.22. The van der Waals surface area contributed by atoms with Crippen molar-refractivity contribution in [3.05, 3.63) is 0 Å². The van der Waals surface area contributed by atoms with Crippen LogP contribution in [0.25, 0.3) is 0 Å². The number of aliphatic carboxylic acids is 1. The zero-order valence-electron chi connectivity index (χ0n) is 12.9. The Labute approximate surface area is 115 Å². The highest BCUT2D eigenvalue weighted by molar-refractivity contribution is 5.60. The third-order valence-electron chi connectivity index (χ3n) is 3.97. The van der Waals surface area contributed by atoms with E-state index in [0.29, 0.717) is 0 Å². The molecule has 5 heteroatoms. The van der Waals surface area contributed by atoms with E-state index in [2.05, 4.69) is 20.8 Å². The van der Waals surface area contributed by atoms with Crippen LogP contribution in [0.15, 0.2) is 0 Å². The molecule has 0 saturated heterocycles. The molecule has 0 aromatic heterocycles. The highest BCUT2D eigenvalue weighted by Gasteiger charge is 2.55. The van der Waals surface area contributed by atoms with Crippen LogP contribution in [0.1, 0.15) is 54.4 Å². The first kappa shape index (κ1) is 17.9. The molecule has 0 radical (unpaired) electrons. The number of rotatable bonds is 3. The Bertz CT molecular complexity index is 330. The maximum atomic E-state index is 9.84. The van der Waals surface area contributed by atoms with E-state index in [4.69, 9.17) is 14.6 Å². The Morgan fingerprint density at radius 1 is 1.47 bits per heavy atom. The van der Waals surface area contributed by atoms with Crippen molar-refractivity contribution in [1.29, 1.82) is 0 Å². The number of hydrogen-bond acceptors (Lipinski definition) is 4. The van der Waals surface area contributed by atoms with Crippen LogP contribution in [-0.4, -0.2) is 40.4 Å². The normalized spacial score (nSPS) is 23.9. The molecule has 1 heterocycles. The van der Waals surface area contributed by atoms with Gasteiger partial charge in [-0.2, -0.15) is 0 Å². The zero-order chi connectivity index (χ0) is 15.3. The highest BCUT2D eigenvalue weighted by Crippen LogP contribution is 2.41. The number of nitrogens with zero attached hydrogens (tertiary/aromatic N) is 1. The van der Waals surface area contributed by atoms with Gasteiger partial charge in [-0.05, 0) is 18.1 Å². The van der Waals surface area contributed by atoms with Crippen molar-refractivity contribution >= 4 is 12.2 Å². The molecule has 0 aromatic carbocycles. The summed E-state index contributed by atoms with van der Waals surface area (Å²) in [6.07, 6.45) is 3.84. The number of hydrogen-bond donors (Lipinski definition) is 1. The lowest BCUT2D eigenvalue weighted by molar-refractivity contribution is -0.833. The van der Waals surface area contributed by atoms with Crippen LogP contribution in [0.5, 0.6) is 0 Å². The molecule has 0 bridgehead atoms. The number of carboxylic acid groups (broad SMARTS) is 1. The molecule has 0 amide bonds. The Hall–Kier alpha value is -1.10. The maximum absolute atomic E-state index is 9.84. The summed E-state index contributed by atoms with van der Waals surface area (Å²) >= 11 is 0. The van der Waals surface area contributed by atoms with Gasteiger partial charge < -0.3 is 14.6 Å². The van der Waals surface area contributed by atoms with E-state index in [9.17, 15) is 5.21 Å². The first-order valence-electron chi connectivity index (χ1n) is 6.68. The molecule has 1 atom stereocenters. The molecule has 1 unspecified atom stereocenters. The lowest BCUT2D eigenvalue weighted by atomic mass is 9.68. The molecule has 0 spiro atoms. The topological polar surface area (TPSA) is 72.6 Å². The summed E-state index contributed by atoms with van der Waals surface area (Å²) in [5, 5.41) is 18.7. The fourth-order valence-electron chi connectivity index (χ4n) is 1.94. The third kappa shape index (κ3) is 4.49. The van der Waals surface area contributed by atoms with E-state index in [0.717, 1.165) is 26.4 Å². The summed E-state index contributed by atoms with van der Waals surface area (Å²) in [5.41, 5.74) is -0.352. The fraction of sp³-hybridized carbons (Fsp3) is 0.857. The quantitative estimate of drug-likeness (QED) is 0.620. The first-order chi connectivity index (χ1) is 8.57. The maximum Gasteiger partial charge on any atom is 0.213 e. The van der Waals surface area contributed by atoms with Gasteiger partial charge >= 0.3 is 0 Å². The molecule has 5 nitrogen and oxygen atoms in total. The second kappa shape index (κ2) is 6.89. The number of carbonyl (C=O) groups excluding carboxylic acids is 1. The minimum Gasteiger partial charge on any atom is -0.550 e. The Morgan fingerprint density at radius 3 is 2.37 bits per heavy atom. The van der Waals surface area contributed by atoms with E-state index < -0.39 is 5.97 Å². The van der Waals surface area contributed by atoms with Gasteiger partial charge in [-0.3, -0.25) is 5.21 Å². The van der Waals surface area contributed by atoms with Crippen LogP contribution in [0, 0.1) is 5.41 Å². The van der Waals surface area contributed by atoms with Gasteiger partial charge in [-0.1, -0.05) is 20.8 Å². The molecule has 19 heavy (non-hydrogen) atoms. The van der Waals surface area contributed by atoms with E-state index in [1.165, 1.54) is 4.74 Å². The van der Waals surface area contributed by atoms with Crippen molar-refractivity contribution < 1.29 is 24.6 Å². The summed E-state index contributed by atoms with van der Waals surface area (Å²) in [6, 6.07) is 0. The summed E-state index contributed by atoms with van der Waals surface area (Å²) in [7, 11) is 0. The molecule has 1 aliphatic rings. The molecule has 1 aliphatic heterocycles. The average molecular weight is 273 g/mol. The van der Waals surface area contributed by atoms with Crippen molar-refractivity contribution in [2.24, 2.45) is 5.41 Å². The number of ether oxygens (including phenoxy) is 1. The van der Waals surface area contributed by atoms with Crippen LogP contribution in [0.3, 0.4) is 0 Å². The van der Waals surface area contributed by atoms with Crippen molar-refractivity contribution in [2.45, 2.75) is 66.0 Å². The summed E-state index contributed by atoms with van der Waals surface area (Å²) in [4.78, 5) is 8.89. The molecule has 0 saturated carbocycles. The van der Waals surface area contributed by atoms with Gasteiger partial charge in [-0.15, -0.1) is 0 Å². The van der Waals surface area contributed by atoms with E-state index in [1.807, 2.05) is 20.1 Å². The van der Waals surface area contributed by atoms with Crippen molar-refractivity contribution in [3.8, 4) is 0 Å². The van der Waals surface area contributed by atoms with E-state index in [1.54, 1.807) is 0 Å². The van der Waals surface area contributed by atoms with Crippen LogP contribution in [0.2, 0.25) is 0 Å². The summed E-state index contributed by atoms with van der Waals surface area (Å²) < 4.78 is 7.19. The van der Waals surface area contributed by atoms with Crippen molar-refractivity contribution in [2.75, 3.05) is 6.61 Å². The van der Waals surface area contributed by atoms with E-state index >= 15 is 0 Å². The Balaban J connectivity index is 0.000000711. The SMILES string of the molecule is CC(=O)[O-].CCCOC1CC=[N+](O)C(C)(C)C1(C)C. The second-order valence-electron chi connectivity index (χ2n) is 5.89. The fourth-order valence-corrected chi connectivity index (χ4v) is 1.94. The number of hydroxylamine groups is 1. The molecular formula is C14H27NO4. The smallest absolute Gasteiger partial charge is 0.213 e. The molecule has 112 valence electrons. The standard InChI is InChI=1S/C12H24NO2.C2H4O2/c1-6-9-15-10-7-8-13(14)12(4,5)11(10,2)3;1-2(3)4/h8,10,14H,6-7,9H2,1-5H3;1H3,(H,3,4)/q+1;/p-1. The zero-order valence-corrected chi connectivity index (χ0v) is 12.9. The third-order valence-corrected chi connectivity index (χ3v) is 3.97. The largest absolute Gasteiger partial charge is 0.550 e. The molecule has 1 rings (SSSR count). The monoisotopic (exact) mass is 273 g/mol. The summed E-state index contributed by atoms with van der Waals surface area (Å²) in [5.74, 6) is -1.08. The molecular weight excluding hydrogens is 246 g/mol. The number of carbonyl (C=O) groups is 1. The molecule has 0 fully saturated rings. The van der Waals surface area contributed by atoms with Crippen molar-refractivity contribution in [1.82, 2.24) is 0 Å².